The minimum Gasteiger partial charge on any atom is -0.309 e. The summed E-state index contributed by atoms with van der Waals surface area (Å²) in [5.41, 5.74) is 0.975. The van der Waals surface area contributed by atoms with E-state index in [9.17, 15) is 4.79 Å². The summed E-state index contributed by atoms with van der Waals surface area (Å²) in [6, 6.07) is 8.00. The average Bonchev–Trinajstić information content (AvgIpc) is 2.87. The van der Waals surface area contributed by atoms with Gasteiger partial charge in [-0.1, -0.05) is 18.2 Å². The van der Waals surface area contributed by atoms with Crippen molar-refractivity contribution in [3.8, 4) is 0 Å². The summed E-state index contributed by atoms with van der Waals surface area (Å²) in [5, 5.41) is 9.60. The van der Waals surface area contributed by atoms with Crippen LogP contribution in [0.5, 0.6) is 0 Å². The van der Waals surface area contributed by atoms with Crippen molar-refractivity contribution in [2.24, 2.45) is 7.05 Å². The summed E-state index contributed by atoms with van der Waals surface area (Å²) in [7, 11) is 1.72. The predicted molar refractivity (Wildman–Crippen MR) is 67.0 cm³/mol. The molecular weight excluding hydrogens is 214 g/mol. The van der Waals surface area contributed by atoms with E-state index in [0.29, 0.717) is 0 Å². The Balaban J connectivity index is 2.30. The van der Waals surface area contributed by atoms with Crippen LogP contribution in [0, 0.1) is 0 Å². The molecule has 88 valence electrons. The third-order valence-corrected chi connectivity index (χ3v) is 3.38. The summed E-state index contributed by atoms with van der Waals surface area (Å²) in [6.45, 7) is 1.03. The normalized spacial score (nSPS) is 19.9. The fourth-order valence-corrected chi connectivity index (χ4v) is 2.50. The number of aryl methyl sites for hydroxylation is 1. The van der Waals surface area contributed by atoms with Gasteiger partial charge in [0.15, 0.2) is 0 Å². The Hall–Kier alpha value is -1.68. The minimum absolute atomic E-state index is 0.0256. The second kappa shape index (κ2) is 3.96. The van der Waals surface area contributed by atoms with Crippen LogP contribution in [0.4, 0.5) is 0 Å². The van der Waals surface area contributed by atoms with Crippen LogP contribution < -0.4 is 10.9 Å². The molecule has 1 aliphatic heterocycles. The molecule has 0 radical (unpaired) electrons. The number of nitrogens with zero attached hydrogens (tertiary/aromatic N) is 2. The first kappa shape index (κ1) is 10.5. The van der Waals surface area contributed by atoms with Gasteiger partial charge in [-0.25, -0.2) is 4.68 Å². The molecule has 2 heterocycles. The minimum atomic E-state index is -0.0256. The van der Waals surface area contributed by atoms with Crippen LogP contribution in [-0.4, -0.2) is 16.3 Å². The van der Waals surface area contributed by atoms with E-state index in [1.54, 1.807) is 7.05 Å². The maximum atomic E-state index is 12.0. The Bertz CT molecular complexity index is 612. The van der Waals surface area contributed by atoms with E-state index < -0.39 is 0 Å². The molecule has 4 nitrogen and oxygen atoms in total. The van der Waals surface area contributed by atoms with Crippen molar-refractivity contribution in [3.63, 3.8) is 0 Å². The number of aromatic nitrogens is 2. The van der Waals surface area contributed by atoms with Crippen molar-refractivity contribution in [1.82, 2.24) is 15.1 Å². The van der Waals surface area contributed by atoms with Crippen LogP contribution in [0.25, 0.3) is 10.8 Å². The Kier molecular flexibility index (Phi) is 2.44. The highest BCUT2D eigenvalue weighted by Gasteiger charge is 2.21. The molecule has 0 aliphatic carbocycles. The molecule has 3 rings (SSSR count). The van der Waals surface area contributed by atoms with Crippen molar-refractivity contribution in [2.75, 3.05) is 6.54 Å². The third kappa shape index (κ3) is 1.65. The molecule has 1 atom stereocenters. The van der Waals surface area contributed by atoms with Crippen molar-refractivity contribution in [3.05, 3.63) is 40.3 Å². The van der Waals surface area contributed by atoms with Crippen LogP contribution in [0.3, 0.4) is 0 Å². The average molecular weight is 229 g/mol. The molecule has 1 aromatic carbocycles. The molecular formula is C13H15N3O. The number of hydrogen-bond donors (Lipinski definition) is 1. The molecule has 4 heteroatoms. The van der Waals surface area contributed by atoms with Crippen LogP contribution in [0.2, 0.25) is 0 Å². The van der Waals surface area contributed by atoms with Crippen molar-refractivity contribution in [1.29, 1.82) is 0 Å². The zero-order chi connectivity index (χ0) is 11.8. The first-order valence-electron chi connectivity index (χ1n) is 5.97. The lowest BCUT2D eigenvalue weighted by Gasteiger charge is -2.13. The van der Waals surface area contributed by atoms with E-state index in [-0.39, 0.29) is 11.6 Å². The summed E-state index contributed by atoms with van der Waals surface area (Å²) in [5.74, 6) is 0. The third-order valence-electron chi connectivity index (χ3n) is 3.38. The quantitative estimate of drug-likeness (QED) is 0.803. The highest BCUT2D eigenvalue weighted by molar-refractivity contribution is 5.83. The SMILES string of the molecule is Cn1nc(C2CCCN2)c2ccccc2c1=O. The van der Waals surface area contributed by atoms with Gasteiger partial charge in [-0.05, 0) is 25.5 Å². The highest BCUT2D eigenvalue weighted by Crippen LogP contribution is 2.26. The molecule has 1 unspecified atom stereocenters. The van der Waals surface area contributed by atoms with E-state index in [1.807, 2.05) is 24.3 Å². The van der Waals surface area contributed by atoms with Gasteiger partial charge in [0.05, 0.1) is 17.1 Å². The molecule has 0 bridgehead atoms. The first-order valence-corrected chi connectivity index (χ1v) is 5.97. The molecule has 0 saturated carbocycles. The summed E-state index contributed by atoms with van der Waals surface area (Å²) in [6.07, 6.45) is 2.26. The smallest absolute Gasteiger partial charge is 0.274 e. The van der Waals surface area contributed by atoms with Gasteiger partial charge < -0.3 is 5.32 Å². The monoisotopic (exact) mass is 229 g/mol. The lowest BCUT2D eigenvalue weighted by Crippen LogP contribution is -2.24. The van der Waals surface area contributed by atoms with Gasteiger partial charge in [-0.3, -0.25) is 4.79 Å². The van der Waals surface area contributed by atoms with E-state index in [4.69, 9.17) is 0 Å². The Morgan fingerprint density at radius 3 is 2.82 bits per heavy atom. The van der Waals surface area contributed by atoms with Crippen molar-refractivity contribution in [2.45, 2.75) is 18.9 Å². The molecule has 1 aliphatic rings. The van der Waals surface area contributed by atoms with Crippen LogP contribution in [0.15, 0.2) is 29.1 Å². The zero-order valence-electron chi connectivity index (χ0n) is 9.81. The van der Waals surface area contributed by atoms with Crippen LogP contribution in [0.1, 0.15) is 24.6 Å². The second-order valence-corrected chi connectivity index (χ2v) is 4.51. The molecule has 0 amide bonds. The maximum absolute atomic E-state index is 12.0. The molecule has 1 N–H and O–H groups in total. The van der Waals surface area contributed by atoms with E-state index in [2.05, 4.69) is 10.4 Å². The van der Waals surface area contributed by atoms with Gasteiger partial charge in [0, 0.05) is 12.4 Å². The molecule has 1 aromatic heterocycles. The fraction of sp³-hybridized carbons (Fsp3) is 0.385. The molecule has 1 fully saturated rings. The lowest BCUT2D eigenvalue weighted by atomic mass is 10.0. The molecule has 0 spiro atoms. The molecule has 2 aromatic rings. The molecule has 17 heavy (non-hydrogen) atoms. The van der Waals surface area contributed by atoms with Gasteiger partial charge in [-0.15, -0.1) is 0 Å². The van der Waals surface area contributed by atoms with Crippen molar-refractivity contribution >= 4 is 10.8 Å². The number of hydrogen-bond acceptors (Lipinski definition) is 3. The number of rotatable bonds is 1. The Morgan fingerprint density at radius 1 is 1.35 bits per heavy atom. The second-order valence-electron chi connectivity index (χ2n) is 4.51. The fourth-order valence-electron chi connectivity index (χ4n) is 2.50. The van der Waals surface area contributed by atoms with Gasteiger partial charge in [0.25, 0.3) is 5.56 Å². The Morgan fingerprint density at radius 2 is 2.12 bits per heavy atom. The molecule has 1 saturated heterocycles. The highest BCUT2D eigenvalue weighted by atomic mass is 16.1. The van der Waals surface area contributed by atoms with Gasteiger partial charge in [0.2, 0.25) is 0 Å². The van der Waals surface area contributed by atoms with E-state index >= 15 is 0 Å². The zero-order valence-corrected chi connectivity index (χ0v) is 9.81. The maximum Gasteiger partial charge on any atom is 0.274 e. The van der Waals surface area contributed by atoms with Gasteiger partial charge >= 0.3 is 0 Å². The number of nitrogens with one attached hydrogen (secondary N) is 1. The topological polar surface area (TPSA) is 46.9 Å². The van der Waals surface area contributed by atoms with E-state index in [1.165, 1.54) is 11.1 Å². The number of fused-ring (bicyclic) bond motifs is 1. The van der Waals surface area contributed by atoms with Gasteiger partial charge in [-0.2, -0.15) is 5.10 Å². The van der Waals surface area contributed by atoms with E-state index in [0.717, 1.165) is 29.4 Å². The standard InChI is InChI=1S/C13H15N3O/c1-16-13(17)10-6-3-2-5-9(10)12(15-16)11-7-4-8-14-11/h2-3,5-6,11,14H,4,7-8H2,1H3. The Labute approximate surface area is 99.3 Å². The number of benzene rings is 1. The van der Waals surface area contributed by atoms with Gasteiger partial charge in [0.1, 0.15) is 0 Å². The largest absolute Gasteiger partial charge is 0.309 e. The van der Waals surface area contributed by atoms with Crippen molar-refractivity contribution < 1.29 is 0 Å². The first-order chi connectivity index (χ1) is 8.27. The van der Waals surface area contributed by atoms with Crippen LogP contribution in [-0.2, 0) is 7.05 Å². The summed E-state index contributed by atoms with van der Waals surface area (Å²) < 4.78 is 1.44. The summed E-state index contributed by atoms with van der Waals surface area (Å²) in [4.78, 5) is 12.0. The summed E-state index contributed by atoms with van der Waals surface area (Å²) >= 11 is 0. The predicted octanol–water partition coefficient (Wildman–Crippen LogP) is 1.36. The van der Waals surface area contributed by atoms with Crippen LogP contribution >= 0.6 is 0 Å². The lowest BCUT2D eigenvalue weighted by molar-refractivity contribution is 0.588.